The van der Waals surface area contributed by atoms with Gasteiger partial charge in [-0.3, -0.25) is 9.59 Å². The van der Waals surface area contributed by atoms with Gasteiger partial charge < -0.3 is 10.2 Å². The van der Waals surface area contributed by atoms with E-state index in [0.29, 0.717) is 12.8 Å². The number of halogens is 4. The van der Waals surface area contributed by atoms with E-state index in [-0.39, 0.29) is 31.1 Å². The summed E-state index contributed by atoms with van der Waals surface area (Å²) in [5, 5.41) is 2.64. The predicted octanol–water partition coefficient (Wildman–Crippen LogP) is 2.36. The van der Waals surface area contributed by atoms with Crippen molar-refractivity contribution in [2.24, 2.45) is 5.92 Å². The van der Waals surface area contributed by atoms with Crippen LogP contribution >= 0.6 is 0 Å². The van der Waals surface area contributed by atoms with Crippen LogP contribution in [0.4, 0.5) is 17.6 Å². The Hall–Kier alpha value is -2.12. The summed E-state index contributed by atoms with van der Waals surface area (Å²) in [6, 6.07) is 5.23. The van der Waals surface area contributed by atoms with Crippen LogP contribution < -0.4 is 5.32 Å². The Kier molecular flexibility index (Phi) is 5.23. The molecule has 1 fully saturated rings. The second-order valence-corrected chi connectivity index (χ2v) is 5.45. The quantitative estimate of drug-likeness (QED) is 0.864. The molecule has 0 saturated carbocycles. The van der Waals surface area contributed by atoms with Crippen LogP contribution in [0.5, 0.6) is 0 Å². The summed E-state index contributed by atoms with van der Waals surface area (Å²) in [7, 11) is 0. The number of carbonyl (C=O) groups excluding carboxylic acids is 2. The van der Waals surface area contributed by atoms with Gasteiger partial charge in [-0.05, 0) is 37.0 Å². The molecule has 4 nitrogen and oxygen atoms in total. The van der Waals surface area contributed by atoms with Crippen LogP contribution in [-0.4, -0.2) is 42.5 Å². The zero-order chi connectivity index (χ0) is 17.0. The molecule has 0 aromatic heterocycles. The van der Waals surface area contributed by atoms with Crippen molar-refractivity contribution in [3.05, 3.63) is 35.6 Å². The molecule has 1 aromatic carbocycles. The van der Waals surface area contributed by atoms with Gasteiger partial charge in [0.1, 0.15) is 5.82 Å². The molecule has 0 bridgehead atoms. The molecule has 1 aliphatic rings. The van der Waals surface area contributed by atoms with Gasteiger partial charge in [-0.1, -0.05) is 6.07 Å². The van der Waals surface area contributed by atoms with Crippen molar-refractivity contribution in [2.75, 3.05) is 19.6 Å². The summed E-state index contributed by atoms with van der Waals surface area (Å²) in [6.07, 6.45) is -4.09. The van der Waals surface area contributed by atoms with E-state index in [1.165, 1.54) is 18.2 Å². The van der Waals surface area contributed by atoms with Gasteiger partial charge in [-0.25, -0.2) is 4.39 Å². The Bertz CT molecular complexity index is 581. The molecule has 126 valence electrons. The molecule has 2 amide bonds. The van der Waals surface area contributed by atoms with E-state index in [0.717, 1.165) is 11.0 Å². The van der Waals surface area contributed by atoms with Gasteiger partial charge in [0.05, 0.1) is 0 Å². The first-order valence-electron chi connectivity index (χ1n) is 7.17. The molecule has 0 unspecified atom stereocenters. The topological polar surface area (TPSA) is 49.4 Å². The van der Waals surface area contributed by atoms with Crippen LogP contribution in [0.15, 0.2) is 24.3 Å². The lowest BCUT2D eigenvalue weighted by Gasteiger charge is -2.32. The number of hydrogen-bond donors (Lipinski definition) is 1. The average molecular weight is 332 g/mol. The number of nitrogens with zero attached hydrogens (tertiary/aromatic N) is 1. The monoisotopic (exact) mass is 332 g/mol. The minimum Gasteiger partial charge on any atom is -0.352 e. The molecule has 0 aliphatic carbocycles. The average Bonchev–Trinajstić information content (AvgIpc) is 2.51. The summed E-state index contributed by atoms with van der Waals surface area (Å²) in [5.41, 5.74) is 0.190. The summed E-state index contributed by atoms with van der Waals surface area (Å²) in [4.78, 5) is 23.7. The number of likely N-dealkylation sites (tertiary alicyclic amines) is 1. The zero-order valence-corrected chi connectivity index (χ0v) is 12.2. The highest BCUT2D eigenvalue weighted by Gasteiger charge is 2.43. The fraction of sp³-hybridized carbons (Fsp3) is 0.467. The third-order valence-corrected chi connectivity index (χ3v) is 3.78. The van der Waals surface area contributed by atoms with Gasteiger partial charge in [0, 0.05) is 25.2 Å². The van der Waals surface area contributed by atoms with Crippen LogP contribution in [0.1, 0.15) is 23.2 Å². The summed E-state index contributed by atoms with van der Waals surface area (Å²) in [6.45, 7) is 0.307. The van der Waals surface area contributed by atoms with Crippen molar-refractivity contribution in [1.82, 2.24) is 10.2 Å². The van der Waals surface area contributed by atoms with E-state index in [9.17, 15) is 27.2 Å². The number of amides is 2. The number of alkyl halides is 3. The second-order valence-electron chi connectivity index (χ2n) is 5.45. The van der Waals surface area contributed by atoms with Gasteiger partial charge in [0.25, 0.3) is 5.91 Å². The van der Waals surface area contributed by atoms with E-state index in [2.05, 4.69) is 5.32 Å². The Morgan fingerprint density at radius 3 is 2.43 bits per heavy atom. The molecule has 1 heterocycles. The zero-order valence-electron chi connectivity index (χ0n) is 12.2. The first-order chi connectivity index (χ1) is 10.8. The van der Waals surface area contributed by atoms with Gasteiger partial charge in [-0.15, -0.1) is 0 Å². The Labute approximate surface area is 130 Å². The molecule has 2 rings (SSSR count). The molecular weight excluding hydrogens is 316 g/mol. The Morgan fingerprint density at radius 2 is 1.87 bits per heavy atom. The number of rotatable bonds is 3. The molecule has 0 radical (unpaired) electrons. The molecule has 0 atom stereocenters. The SMILES string of the molecule is O=C(NCC1CCN(C(=O)C(F)(F)F)CC1)c1cccc(F)c1. The number of nitrogens with one attached hydrogen (secondary N) is 1. The summed E-state index contributed by atoms with van der Waals surface area (Å²) < 4.78 is 50.0. The van der Waals surface area contributed by atoms with E-state index in [1.54, 1.807) is 0 Å². The Balaban J connectivity index is 1.79. The van der Waals surface area contributed by atoms with Gasteiger partial charge in [-0.2, -0.15) is 13.2 Å². The molecule has 1 saturated heterocycles. The molecular formula is C15H16F4N2O2. The first kappa shape index (κ1) is 17.2. The van der Waals surface area contributed by atoms with Gasteiger partial charge in [0.15, 0.2) is 0 Å². The first-order valence-corrected chi connectivity index (χ1v) is 7.17. The van der Waals surface area contributed by atoms with Crippen molar-refractivity contribution in [2.45, 2.75) is 19.0 Å². The molecule has 23 heavy (non-hydrogen) atoms. The minimum absolute atomic E-state index is 0.00945. The standard InChI is InChI=1S/C15H16F4N2O2/c16-12-3-1-2-11(8-12)13(22)20-9-10-4-6-21(7-5-10)14(23)15(17,18)19/h1-3,8,10H,4-7,9H2,(H,20,22). The van der Waals surface area contributed by atoms with Crippen molar-refractivity contribution in [3.8, 4) is 0 Å². The number of hydrogen-bond acceptors (Lipinski definition) is 2. The number of carbonyl (C=O) groups is 2. The number of piperidine rings is 1. The fourth-order valence-electron chi connectivity index (χ4n) is 2.49. The smallest absolute Gasteiger partial charge is 0.352 e. The van der Waals surface area contributed by atoms with Crippen molar-refractivity contribution < 1.29 is 27.2 Å². The van der Waals surface area contributed by atoms with E-state index in [4.69, 9.17) is 0 Å². The van der Waals surface area contributed by atoms with Crippen molar-refractivity contribution in [3.63, 3.8) is 0 Å². The summed E-state index contributed by atoms with van der Waals surface area (Å²) >= 11 is 0. The fourth-order valence-corrected chi connectivity index (χ4v) is 2.49. The normalized spacial score (nSPS) is 16.3. The maximum atomic E-state index is 13.0. The van der Waals surface area contributed by atoms with E-state index in [1.807, 2.05) is 0 Å². The van der Waals surface area contributed by atoms with E-state index < -0.39 is 23.8 Å². The lowest BCUT2D eigenvalue weighted by atomic mass is 9.96. The highest BCUT2D eigenvalue weighted by atomic mass is 19.4. The predicted molar refractivity (Wildman–Crippen MR) is 74.1 cm³/mol. The largest absolute Gasteiger partial charge is 0.471 e. The van der Waals surface area contributed by atoms with Crippen LogP contribution in [0.2, 0.25) is 0 Å². The van der Waals surface area contributed by atoms with Crippen LogP contribution in [0, 0.1) is 11.7 Å². The van der Waals surface area contributed by atoms with Crippen LogP contribution in [0.3, 0.4) is 0 Å². The molecule has 0 spiro atoms. The molecule has 1 aliphatic heterocycles. The maximum absolute atomic E-state index is 13.0. The third kappa shape index (κ3) is 4.67. The number of benzene rings is 1. The molecule has 1 aromatic rings. The lowest BCUT2D eigenvalue weighted by Crippen LogP contribution is -2.46. The Morgan fingerprint density at radius 1 is 1.22 bits per heavy atom. The van der Waals surface area contributed by atoms with Crippen molar-refractivity contribution in [1.29, 1.82) is 0 Å². The highest BCUT2D eigenvalue weighted by Crippen LogP contribution is 2.23. The van der Waals surface area contributed by atoms with Crippen molar-refractivity contribution >= 4 is 11.8 Å². The van der Waals surface area contributed by atoms with E-state index >= 15 is 0 Å². The van der Waals surface area contributed by atoms with Gasteiger partial charge >= 0.3 is 12.1 Å². The third-order valence-electron chi connectivity index (χ3n) is 3.78. The molecule has 1 N–H and O–H groups in total. The van der Waals surface area contributed by atoms with Gasteiger partial charge in [0.2, 0.25) is 0 Å². The highest BCUT2D eigenvalue weighted by molar-refractivity contribution is 5.94. The lowest BCUT2D eigenvalue weighted by molar-refractivity contribution is -0.186. The molecule has 8 heteroatoms. The van der Waals surface area contributed by atoms with Crippen LogP contribution in [-0.2, 0) is 4.79 Å². The summed E-state index contributed by atoms with van der Waals surface area (Å²) in [5.74, 6) is -2.78. The van der Waals surface area contributed by atoms with Crippen LogP contribution in [0.25, 0.3) is 0 Å². The second kappa shape index (κ2) is 6.97. The maximum Gasteiger partial charge on any atom is 0.471 e. The minimum atomic E-state index is -4.85.